The molecule has 0 aliphatic carbocycles. The van der Waals surface area contributed by atoms with Gasteiger partial charge in [-0.3, -0.25) is 4.79 Å². The van der Waals surface area contributed by atoms with Crippen LogP contribution in [0.5, 0.6) is 0 Å². The molecule has 114 valence electrons. The van der Waals surface area contributed by atoms with E-state index in [1.807, 2.05) is 24.3 Å². The molecule has 1 aliphatic heterocycles. The van der Waals surface area contributed by atoms with Gasteiger partial charge >= 0.3 is 12.0 Å². The summed E-state index contributed by atoms with van der Waals surface area (Å²) in [5.41, 5.74) is 1.76. The van der Waals surface area contributed by atoms with Gasteiger partial charge in [-0.25, -0.2) is 4.79 Å². The molecule has 1 aromatic carbocycles. The number of nitrogens with zero attached hydrogens (tertiary/aromatic N) is 1. The smallest absolute Gasteiger partial charge is 0.317 e. The third-order valence-corrected chi connectivity index (χ3v) is 3.73. The molecule has 0 radical (unpaired) electrons. The molecule has 2 unspecified atom stereocenters. The number of aliphatic hydroxyl groups is 1. The van der Waals surface area contributed by atoms with Crippen LogP contribution in [0.3, 0.4) is 0 Å². The lowest BCUT2D eigenvalue weighted by Gasteiger charge is -2.17. The number of aliphatic hydroxyl groups excluding tert-OH is 1. The molecule has 2 rings (SSSR count). The van der Waals surface area contributed by atoms with Crippen LogP contribution < -0.4 is 5.32 Å². The molecular weight excluding hydrogens is 272 g/mol. The monoisotopic (exact) mass is 292 g/mol. The minimum Gasteiger partial charge on any atom is -0.481 e. The maximum absolute atomic E-state index is 11.9. The fourth-order valence-electron chi connectivity index (χ4n) is 2.35. The largest absolute Gasteiger partial charge is 0.481 e. The van der Waals surface area contributed by atoms with Gasteiger partial charge in [-0.1, -0.05) is 24.3 Å². The molecule has 1 heterocycles. The average Bonchev–Trinajstić information content (AvgIpc) is 2.95. The number of hydrogen-bond acceptors (Lipinski definition) is 3. The molecule has 0 bridgehead atoms. The van der Waals surface area contributed by atoms with Crippen LogP contribution in [0.25, 0.3) is 0 Å². The number of urea groups is 1. The highest BCUT2D eigenvalue weighted by Gasteiger charge is 2.30. The quantitative estimate of drug-likeness (QED) is 0.781. The number of benzene rings is 1. The molecule has 6 nitrogen and oxygen atoms in total. The van der Waals surface area contributed by atoms with Gasteiger partial charge in [0.05, 0.1) is 12.0 Å². The summed E-state index contributed by atoms with van der Waals surface area (Å²) in [4.78, 5) is 24.3. The lowest BCUT2D eigenvalue weighted by molar-refractivity contribution is -0.141. The highest BCUT2D eigenvalue weighted by atomic mass is 16.4. The van der Waals surface area contributed by atoms with Crippen molar-refractivity contribution in [2.45, 2.75) is 26.0 Å². The van der Waals surface area contributed by atoms with Gasteiger partial charge in [0.15, 0.2) is 0 Å². The van der Waals surface area contributed by atoms with Crippen LogP contribution in [0.4, 0.5) is 4.79 Å². The molecular formula is C15H20N2O4. The standard InChI is InChI=1S/C15H20N2O4/c1-10(18)12-4-2-11(3-5-12)8-16-15(21)17-7-6-13(9-17)14(19)20/h2-5,10,13,18H,6-9H2,1H3,(H,16,21)(H,19,20). The second-order valence-corrected chi connectivity index (χ2v) is 5.35. The first-order valence-corrected chi connectivity index (χ1v) is 7.00. The summed E-state index contributed by atoms with van der Waals surface area (Å²) in [5.74, 6) is -1.31. The van der Waals surface area contributed by atoms with Gasteiger partial charge in [-0.15, -0.1) is 0 Å². The summed E-state index contributed by atoms with van der Waals surface area (Å²) < 4.78 is 0. The molecule has 0 spiro atoms. The van der Waals surface area contributed by atoms with E-state index in [1.165, 1.54) is 4.90 Å². The van der Waals surface area contributed by atoms with Crippen molar-refractivity contribution in [1.29, 1.82) is 0 Å². The predicted octanol–water partition coefficient (Wildman–Crippen LogP) is 1.36. The van der Waals surface area contributed by atoms with Gasteiger partial charge in [0.1, 0.15) is 0 Å². The Bertz CT molecular complexity index is 513. The van der Waals surface area contributed by atoms with E-state index in [2.05, 4.69) is 5.32 Å². The third-order valence-electron chi connectivity index (χ3n) is 3.73. The Labute approximate surface area is 123 Å². The highest BCUT2D eigenvalue weighted by molar-refractivity contribution is 5.77. The Morgan fingerprint density at radius 1 is 1.38 bits per heavy atom. The van der Waals surface area contributed by atoms with Gasteiger partial charge in [0.25, 0.3) is 0 Å². The van der Waals surface area contributed by atoms with Crippen molar-refractivity contribution < 1.29 is 19.8 Å². The predicted molar refractivity (Wildman–Crippen MR) is 76.6 cm³/mol. The molecule has 0 saturated carbocycles. The molecule has 1 aliphatic rings. The van der Waals surface area contributed by atoms with Crippen LogP contribution in [0.2, 0.25) is 0 Å². The average molecular weight is 292 g/mol. The van der Waals surface area contributed by atoms with Gasteiger partial charge in [-0.2, -0.15) is 0 Å². The fraction of sp³-hybridized carbons (Fsp3) is 0.467. The Hall–Kier alpha value is -2.08. The van der Waals surface area contributed by atoms with Crippen molar-refractivity contribution in [3.8, 4) is 0 Å². The van der Waals surface area contributed by atoms with E-state index < -0.39 is 18.0 Å². The minimum absolute atomic E-state index is 0.238. The van der Waals surface area contributed by atoms with Crippen LogP contribution in [-0.4, -0.2) is 40.2 Å². The Morgan fingerprint density at radius 3 is 2.57 bits per heavy atom. The summed E-state index contributed by atoms with van der Waals surface area (Å²) in [7, 11) is 0. The Balaban J connectivity index is 1.83. The first kappa shape index (κ1) is 15.3. The topological polar surface area (TPSA) is 89.9 Å². The summed E-state index contributed by atoms with van der Waals surface area (Å²) in [6, 6.07) is 7.11. The van der Waals surface area contributed by atoms with Crippen molar-refractivity contribution >= 4 is 12.0 Å². The summed E-state index contributed by atoms with van der Waals surface area (Å²) in [5, 5.41) is 21.1. The van der Waals surface area contributed by atoms with Gasteiger partial charge < -0.3 is 20.4 Å². The lowest BCUT2D eigenvalue weighted by Crippen LogP contribution is -2.38. The SMILES string of the molecule is CC(O)c1ccc(CNC(=O)N2CCC(C(=O)O)C2)cc1. The number of carboxylic acids is 1. The normalized spacial score (nSPS) is 19.3. The first-order valence-electron chi connectivity index (χ1n) is 7.00. The van der Waals surface area contributed by atoms with E-state index in [9.17, 15) is 14.7 Å². The molecule has 1 aromatic rings. The summed E-state index contributed by atoms with van der Waals surface area (Å²) in [6.45, 7) is 2.82. The number of carboxylic acid groups (broad SMARTS) is 1. The molecule has 0 aromatic heterocycles. The molecule has 2 atom stereocenters. The number of hydrogen-bond donors (Lipinski definition) is 3. The van der Waals surface area contributed by atoms with Crippen molar-refractivity contribution in [3.05, 3.63) is 35.4 Å². The van der Waals surface area contributed by atoms with E-state index in [1.54, 1.807) is 6.92 Å². The zero-order valence-electron chi connectivity index (χ0n) is 12.0. The van der Waals surface area contributed by atoms with E-state index in [-0.39, 0.29) is 12.6 Å². The number of amides is 2. The van der Waals surface area contributed by atoms with Crippen molar-refractivity contribution in [1.82, 2.24) is 10.2 Å². The highest BCUT2D eigenvalue weighted by Crippen LogP contribution is 2.16. The zero-order chi connectivity index (χ0) is 15.4. The van der Waals surface area contributed by atoms with Crippen LogP contribution in [-0.2, 0) is 11.3 Å². The zero-order valence-corrected chi connectivity index (χ0v) is 12.0. The lowest BCUT2D eigenvalue weighted by atomic mass is 10.1. The number of likely N-dealkylation sites (tertiary alicyclic amines) is 1. The number of carbonyl (C=O) groups is 2. The van der Waals surface area contributed by atoms with Crippen molar-refractivity contribution in [2.75, 3.05) is 13.1 Å². The Morgan fingerprint density at radius 2 is 2.05 bits per heavy atom. The van der Waals surface area contributed by atoms with E-state index >= 15 is 0 Å². The molecule has 3 N–H and O–H groups in total. The second kappa shape index (κ2) is 6.58. The summed E-state index contributed by atoms with van der Waals surface area (Å²) >= 11 is 0. The number of nitrogens with one attached hydrogen (secondary N) is 1. The maximum Gasteiger partial charge on any atom is 0.317 e. The van der Waals surface area contributed by atoms with Crippen molar-refractivity contribution in [2.24, 2.45) is 5.92 Å². The third kappa shape index (κ3) is 3.95. The molecule has 1 fully saturated rings. The van der Waals surface area contributed by atoms with Crippen LogP contribution in [0, 0.1) is 5.92 Å². The number of carbonyl (C=O) groups excluding carboxylic acids is 1. The molecule has 6 heteroatoms. The van der Waals surface area contributed by atoms with E-state index in [0.717, 1.165) is 11.1 Å². The van der Waals surface area contributed by atoms with Crippen molar-refractivity contribution in [3.63, 3.8) is 0 Å². The second-order valence-electron chi connectivity index (χ2n) is 5.35. The first-order chi connectivity index (χ1) is 9.97. The maximum atomic E-state index is 11.9. The van der Waals surface area contributed by atoms with Crippen LogP contribution in [0.15, 0.2) is 24.3 Å². The molecule has 21 heavy (non-hydrogen) atoms. The fourth-order valence-corrected chi connectivity index (χ4v) is 2.35. The number of aliphatic carboxylic acids is 1. The van der Waals surface area contributed by atoms with E-state index in [0.29, 0.717) is 19.5 Å². The van der Waals surface area contributed by atoms with Gasteiger partial charge in [0.2, 0.25) is 0 Å². The minimum atomic E-state index is -0.848. The summed E-state index contributed by atoms with van der Waals surface area (Å²) in [6.07, 6.45) is -0.00236. The van der Waals surface area contributed by atoms with Gasteiger partial charge in [-0.05, 0) is 24.5 Å². The van der Waals surface area contributed by atoms with Gasteiger partial charge in [0, 0.05) is 19.6 Å². The molecule has 1 saturated heterocycles. The molecule has 2 amide bonds. The van der Waals surface area contributed by atoms with Crippen LogP contribution in [0.1, 0.15) is 30.6 Å². The van der Waals surface area contributed by atoms with E-state index in [4.69, 9.17) is 5.11 Å². The van der Waals surface area contributed by atoms with Crippen LogP contribution >= 0.6 is 0 Å². The number of rotatable bonds is 4. The Kier molecular flexibility index (Phi) is 4.80.